The summed E-state index contributed by atoms with van der Waals surface area (Å²) >= 11 is 6.26. The molecule has 0 bridgehead atoms. The summed E-state index contributed by atoms with van der Waals surface area (Å²) in [7, 11) is 0. The minimum atomic E-state index is -1.34. The number of aliphatic carboxylic acids is 1. The highest BCUT2D eigenvalue weighted by Gasteiger charge is 2.22. The second-order valence-corrected chi connectivity index (χ2v) is 8.75. The minimum Gasteiger partial charge on any atom is -0.480 e. The van der Waals surface area contributed by atoms with Crippen LogP contribution < -0.4 is 5.56 Å². The van der Waals surface area contributed by atoms with E-state index in [1.165, 1.54) is 0 Å². The fraction of sp³-hybridized carbons (Fsp3) is 0.115. The number of carboxylic acid groups (broad SMARTS) is 1. The van der Waals surface area contributed by atoms with Crippen LogP contribution in [0.5, 0.6) is 0 Å². The first kappa shape index (κ1) is 23.6. The lowest BCUT2D eigenvalue weighted by Crippen LogP contribution is -2.25. The van der Waals surface area contributed by atoms with Crippen LogP contribution in [0.1, 0.15) is 11.3 Å². The lowest BCUT2D eigenvalue weighted by Gasteiger charge is -2.13. The van der Waals surface area contributed by atoms with Crippen LogP contribution in [0.3, 0.4) is 0 Å². The average molecular weight is 512 g/mol. The molecule has 0 radical (unpaired) electrons. The van der Waals surface area contributed by atoms with Crippen LogP contribution in [0.25, 0.3) is 32.9 Å². The summed E-state index contributed by atoms with van der Waals surface area (Å²) < 4.78 is 44.2. The SMILES string of the molecule is Cc1c(-c2nn(Cc3cc(F)c(F)cc3F)c(=O)c3ccccc23)c2cc(Cl)ccc2n1CC(=O)O. The molecule has 0 atom stereocenters. The highest BCUT2D eigenvalue weighted by molar-refractivity contribution is 6.31. The Morgan fingerprint density at radius 1 is 0.972 bits per heavy atom. The van der Waals surface area contributed by atoms with E-state index in [4.69, 9.17) is 11.6 Å². The largest absolute Gasteiger partial charge is 0.480 e. The zero-order valence-electron chi connectivity index (χ0n) is 18.7. The van der Waals surface area contributed by atoms with E-state index in [0.29, 0.717) is 50.4 Å². The molecule has 0 unspecified atom stereocenters. The van der Waals surface area contributed by atoms with Gasteiger partial charge in [0.1, 0.15) is 18.1 Å². The molecule has 2 heterocycles. The number of carbonyl (C=O) groups is 1. The van der Waals surface area contributed by atoms with Crippen molar-refractivity contribution in [2.45, 2.75) is 20.0 Å². The molecule has 182 valence electrons. The van der Waals surface area contributed by atoms with Crippen LogP contribution in [-0.2, 0) is 17.9 Å². The Kier molecular flexibility index (Phi) is 5.80. The molecular weight excluding hydrogens is 495 g/mol. The molecule has 0 spiro atoms. The van der Waals surface area contributed by atoms with Crippen LogP contribution in [-0.4, -0.2) is 25.4 Å². The molecule has 3 aromatic carbocycles. The van der Waals surface area contributed by atoms with Crippen molar-refractivity contribution in [2.75, 3.05) is 0 Å². The van der Waals surface area contributed by atoms with Crippen LogP contribution in [0.15, 0.2) is 59.4 Å². The third-order valence-electron chi connectivity index (χ3n) is 6.09. The van der Waals surface area contributed by atoms with Gasteiger partial charge in [-0.1, -0.05) is 29.8 Å². The van der Waals surface area contributed by atoms with E-state index < -0.39 is 35.5 Å². The molecule has 0 aliphatic heterocycles. The van der Waals surface area contributed by atoms with Crippen molar-refractivity contribution >= 4 is 39.2 Å². The van der Waals surface area contributed by atoms with E-state index in [2.05, 4.69) is 5.10 Å². The maximum Gasteiger partial charge on any atom is 0.323 e. The van der Waals surface area contributed by atoms with Gasteiger partial charge in [-0.3, -0.25) is 9.59 Å². The number of benzene rings is 3. The molecule has 10 heteroatoms. The van der Waals surface area contributed by atoms with Crippen LogP contribution in [0, 0.1) is 24.4 Å². The van der Waals surface area contributed by atoms with Gasteiger partial charge >= 0.3 is 5.97 Å². The molecular formula is C26H17ClF3N3O3. The van der Waals surface area contributed by atoms with Crippen molar-refractivity contribution in [3.8, 4) is 11.3 Å². The van der Waals surface area contributed by atoms with Crippen molar-refractivity contribution in [3.63, 3.8) is 0 Å². The van der Waals surface area contributed by atoms with Crippen molar-refractivity contribution in [1.29, 1.82) is 0 Å². The Morgan fingerprint density at radius 2 is 1.67 bits per heavy atom. The molecule has 36 heavy (non-hydrogen) atoms. The van der Waals surface area contributed by atoms with Gasteiger partial charge in [0, 0.05) is 44.2 Å². The van der Waals surface area contributed by atoms with Gasteiger partial charge in [-0.05, 0) is 37.3 Å². The molecule has 0 aliphatic carbocycles. The smallest absolute Gasteiger partial charge is 0.323 e. The first-order chi connectivity index (χ1) is 17.2. The highest BCUT2D eigenvalue weighted by atomic mass is 35.5. The quantitative estimate of drug-likeness (QED) is 0.315. The predicted molar refractivity (Wildman–Crippen MR) is 130 cm³/mol. The number of hydrogen-bond acceptors (Lipinski definition) is 3. The van der Waals surface area contributed by atoms with Crippen molar-refractivity contribution < 1.29 is 23.1 Å². The van der Waals surface area contributed by atoms with E-state index >= 15 is 0 Å². The van der Waals surface area contributed by atoms with E-state index in [1.807, 2.05) is 0 Å². The predicted octanol–water partition coefficient (Wildman–Crippen LogP) is 5.53. The Hall–Kier alpha value is -4.11. The molecule has 2 aromatic heterocycles. The molecule has 0 aliphatic rings. The monoisotopic (exact) mass is 511 g/mol. The lowest BCUT2D eigenvalue weighted by atomic mass is 10.0. The van der Waals surface area contributed by atoms with Gasteiger partial charge in [0.25, 0.3) is 5.56 Å². The number of nitrogens with zero attached hydrogens (tertiary/aromatic N) is 3. The fourth-order valence-corrected chi connectivity index (χ4v) is 4.64. The Morgan fingerprint density at radius 3 is 2.39 bits per heavy atom. The number of carboxylic acids is 1. The Balaban J connectivity index is 1.82. The molecule has 6 nitrogen and oxygen atoms in total. The standard InChI is InChI=1S/C26H17ClF3N3O3/c1-13-24(18-9-15(27)6-7-22(18)32(13)12-23(34)35)25-16-4-2-3-5-17(16)26(36)33(31-25)11-14-8-20(29)21(30)10-19(14)28/h2-10H,11-12H2,1H3,(H,34,35). The molecule has 5 aromatic rings. The first-order valence-electron chi connectivity index (χ1n) is 10.8. The summed E-state index contributed by atoms with van der Waals surface area (Å²) in [4.78, 5) is 24.8. The lowest BCUT2D eigenvalue weighted by molar-refractivity contribution is -0.137. The Labute approximate surface area is 206 Å². The number of aromatic nitrogens is 3. The summed E-state index contributed by atoms with van der Waals surface area (Å²) in [6.07, 6.45) is 0. The Bertz CT molecular complexity index is 1760. The normalized spacial score (nSPS) is 11.5. The van der Waals surface area contributed by atoms with Gasteiger partial charge in [-0.15, -0.1) is 0 Å². The summed E-state index contributed by atoms with van der Waals surface area (Å²) in [5.74, 6) is -4.65. The minimum absolute atomic E-state index is 0.252. The van der Waals surface area contributed by atoms with Crippen LogP contribution in [0.2, 0.25) is 5.02 Å². The molecule has 1 N–H and O–H groups in total. The van der Waals surface area contributed by atoms with Gasteiger partial charge < -0.3 is 9.67 Å². The van der Waals surface area contributed by atoms with Crippen molar-refractivity contribution in [2.24, 2.45) is 0 Å². The second kappa shape index (κ2) is 8.83. The summed E-state index contributed by atoms with van der Waals surface area (Å²) in [6.45, 7) is 0.960. The fourth-order valence-electron chi connectivity index (χ4n) is 4.47. The van der Waals surface area contributed by atoms with E-state index in [1.54, 1.807) is 54.0 Å². The summed E-state index contributed by atoms with van der Waals surface area (Å²) in [5, 5.41) is 15.8. The summed E-state index contributed by atoms with van der Waals surface area (Å²) in [5.41, 5.74) is 1.24. The van der Waals surface area contributed by atoms with Gasteiger partial charge in [0.05, 0.1) is 11.9 Å². The second-order valence-electron chi connectivity index (χ2n) is 8.32. The third kappa shape index (κ3) is 3.91. The van der Waals surface area contributed by atoms with E-state index in [-0.39, 0.29) is 17.5 Å². The maximum absolute atomic E-state index is 14.4. The van der Waals surface area contributed by atoms with Gasteiger partial charge in [0.2, 0.25) is 0 Å². The van der Waals surface area contributed by atoms with E-state index in [0.717, 1.165) is 4.68 Å². The molecule has 0 saturated carbocycles. The zero-order valence-corrected chi connectivity index (χ0v) is 19.5. The molecule has 0 amide bonds. The van der Waals surface area contributed by atoms with Crippen molar-refractivity contribution in [1.82, 2.24) is 14.3 Å². The number of hydrogen-bond donors (Lipinski definition) is 1. The number of rotatable bonds is 5. The maximum atomic E-state index is 14.4. The summed E-state index contributed by atoms with van der Waals surface area (Å²) in [6, 6.07) is 12.8. The molecule has 0 saturated heterocycles. The first-order valence-corrected chi connectivity index (χ1v) is 11.2. The molecule has 5 rings (SSSR count). The highest BCUT2D eigenvalue weighted by Crippen LogP contribution is 2.37. The topological polar surface area (TPSA) is 77.1 Å². The van der Waals surface area contributed by atoms with E-state index in [9.17, 15) is 27.9 Å². The average Bonchev–Trinajstić information content (AvgIpc) is 3.09. The van der Waals surface area contributed by atoms with Gasteiger partial charge in [0.15, 0.2) is 11.6 Å². The van der Waals surface area contributed by atoms with Gasteiger partial charge in [-0.25, -0.2) is 17.9 Å². The third-order valence-corrected chi connectivity index (χ3v) is 6.33. The van der Waals surface area contributed by atoms with Gasteiger partial charge in [-0.2, -0.15) is 5.10 Å². The number of fused-ring (bicyclic) bond motifs is 2. The zero-order chi connectivity index (χ0) is 25.7. The van der Waals surface area contributed by atoms with Crippen LogP contribution in [0.4, 0.5) is 13.2 Å². The molecule has 0 fully saturated rings. The van der Waals surface area contributed by atoms with Crippen LogP contribution >= 0.6 is 11.6 Å². The number of halogens is 4. The van der Waals surface area contributed by atoms with Crippen molar-refractivity contribution in [3.05, 3.63) is 98.7 Å².